The minimum absolute atomic E-state index is 0. The van der Waals surface area contributed by atoms with Gasteiger partial charge in [-0.05, 0) is 34.9 Å². The molecule has 3 nitrogen and oxygen atoms in total. The molecule has 150 valence electrons. The molecular weight excluding hydrogens is 437 g/mol. The van der Waals surface area contributed by atoms with Crippen LogP contribution in [-0.2, 0) is 13.0 Å². The van der Waals surface area contributed by atoms with E-state index in [1.54, 1.807) is 6.07 Å². The number of rotatable bonds is 5. The molecule has 3 aromatic carbocycles. The Hall–Kier alpha value is -2.77. The molecule has 0 radical (unpaired) electrons. The Bertz CT molecular complexity index is 1170. The van der Waals surface area contributed by atoms with Crippen LogP contribution in [0.2, 0.25) is 10.0 Å². The van der Waals surface area contributed by atoms with Crippen molar-refractivity contribution in [3.8, 4) is 17.2 Å². The number of aromatic nitrogens is 2. The Morgan fingerprint density at radius 1 is 0.900 bits per heavy atom. The lowest BCUT2D eigenvalue weighted by atomic mass is 10.0. The summed E-state index contributed by atoms with van der Waals surface area (Å²) in [4.78, 5) is 4.31. The third-order valence-corrected chi connectivity index (χ3v) is 5.66. The summed E-state index contributed by atoms with van der Waals surface area (Å²) in [5, 5.41) is 10.1. The van der Waals surface area contributed by atoms with E-state index in [-0.39, 0.29) is 12.4 Å². The molecule has 0 atom stereocenters. The molecule has 0 fully saturated rings. The predicted molar refractivity (Wildman–Crippen MR) is 124 cm³/mol. The molecule has 30 heavy (non-hydrogen) atoms. The first-order valence-electron chi connectivity index (χ1n) is 9.15. The highest BCUT2D eigenvalue weighted by atomic mass is 35.5. The van der Waals surface area contributed by atoms with E-state index in [2.05, 4.69) is 39.9 Å². The molecule has 6 heteroatoms. The molecule has 0 unspecified atom stereocenters. The van der Waals surface area contributed by atoms with Crippen LogP contribution >= 0.6 is 35.6 Å². The maximum absolute atomic E-state index is 8.94. The highest BCUT2D eigenvalue weighted by Crippen LogP contribution is 2.33. The second-order valence-corrected chi connectivity index (χ2v) is 7.58. The molecule has 0 N–H and O–H groups in total. The van der Waals surface area contributed by atoms with Crippen LogP contribution in [0.15, 0.2) is 79.3 Å². The van der Waals surface area contributed by atoms with E-state index in [1.165, 1.54) is 5.56 Å². The maximum Gasteiger partial charge on any atom is 0.0991 e. The molecule has 0 bridgehead atoms. The van der Waals surface area contributed by atoms with Gasteiger partial charge in [-0.1, -0.05) is 71.7 Å². The van der Waals surface area contributed by atoms with Crippen molar-refractivity contribution in [2.45, 2.75) is 13.0 Å². The lowest BCUT2D eigenvalue weighted by molar-refractivity contribution is 0.753. The van der Waals surface area contributed by atoms with Crippen molar-refractivity contribution >= 4 is 35.6 Å². The van der Waals surface area contributed by atoms with Crippen LogP contribution in [0.5, 0.6) is 0 Å². The van der Waals surface area contributed by atoms with Gasteiger partial charge in [0.25, 0.3) is 0 Å². The van der Waals surface area contributed by atoms with E-state index >= 15 is 0 Å². The topological polar surface area (TPSA) is 41.6 Å². The molecule has 0 aliphatic carbocycles. The van der Waals surface area contributed by atoms with Crippen molar-refractivity contribution in [2.24, 2.45) is 0 Å². The van der Waals surface area contributed by atoms with Gasteiger partial charge in [0.05, 0.1) is 28.0 Å². The largest absolute Gasteiger partial charge is 0.330 e. The van der Waals surface area contributed by atoms with Crippen molar-refractivity contribution in [3.05, 3.63) is 112 Å². The zero-order valence-electron chi connectivity index (χ0n) is 15.9. The third kappa shape index (κ3) is 4.86. The van der Waals surface area contributed by atoms with Crippen LogP contribution < -0.4 is 0 Å². The summed E-state index contributed by atoms with van der Waals surface area (Å²) < 4.78 is 2.14. The fourth-order valence-electron chi connectivity index (χ4n) is 3.26. The number of nitriles is 1. The SMILES string of the molecule is Cl.N#Cc1ccc(Cc2cncn2Cc2ccc(-c3cccc(Cl)c3Cl)cc2)cc1. The van der Waals surface area contributed by atoms with E-state index in [9.17, 15) is 0 Å². The fraction of sp³-hybridized carbons (Fsp3) is 0.0833. The second kappa shape index (κ2) is 9.82. The quantitative estimate of drug-likeness (QED) is 0.333. The van der Waals surface area contributed by atoms with Gasteiger partial charge in [0, 0.05) is 30.4 Å². The standard InChI is InChI=1S/C24H17Cl2N3.ClH/c25-23-3-1-2-22(24(23)26)20-10-8-19(9-11-20)15-29-16-28-14-21(29)12-17-4-6-18(13-27)7-5-17;/h1-11,14,16H,12,15H2;1H. The van der Waals surface area contributed by atoms with Crippen LogP contribution in [-0.4, -0.2) is 9.55 Å². The van der Waals surface area contributed by atoms with Gasteiger partial charge in [0.15, 0.2) is 0 Å². The van der Waals surface area contributed by atoms with Crippen LogP contribution in [0.1, 0.15) is 22.4 Å². The number of halogens is 3. The van der Waals surface area contributed by atoms with E-state index in [4.69, 9.17) is 28.5 Å². The fourth-order valence-corrected chi connectivity index (χ4v) is 3.67. The Labute approximate surface area is 191 Å². The van der Waals surface area contributed by atoms with E-state index in [0.29, 0.717) is 15.6 Å². The average molecular weight is 455 g/mol. The third-order valence-electron chi connectivity index (χ3n) is 4.84. The molecule has 0 aliphatic rings. The highest BCUT2D eigenvalue weighted by Gasteiger charge is 2.08. The molecule has 1 heterocycles. The van der Waals surface area contributed by atoms with Crippen LogP contribution in [0, 0.1) is 11.3 Å². The molecule has 4 rings (SSSR count). The number of imidazole rings is 1. The summed E-state index contributed by atoms with van der Waals surface area (Å²) in [5.74, 6) is 0. The Morgan fingerprint density at radius 2 is 1.60 bits per heavy atom. The van der Waals surface area contributed by atoms with Crippen LogP contribution in [0.4, 0.5) is 0 Å². The Kier molecular flexibility index (Phi) is 7.18. The first-order chi connectivity index (χ1) is 14.1. The minimum Gasteiger partial charge on any atom is -0.330 e. The van der Waals surface area contributed by atoms with Gasteiger partial charge in [-0.25, -0.2) is 4.98 Å². The maximum atomic E-state index is 8.94. The van der Waals surface area contributed by atoms with Crippen molar-refractivity contribution < 1.29 is 0 Å². The molecule has 1 aromatic heterocycles. The summed E-state index contributed by atoms with van der Waals surface area (Å²) in [7, 11) is 0. The first kappa shape index (κ1) is 21.9. The summed E-state index contributed by atoms with van der Waals surface area (Å²) in [6.07, 6.45) is 4.50. The number of benzene rings is 3. The van der Waals surface area contributed by atoms with Gasteiger partial charge in [-0.15, -0.1) is 12.4 Å². The minimum atomic E-state index is 0. The lowest BCUT2D eigenvalue weighted by Crippen LogP contribution is -2.04. The van der Waals surface area contributed by atoms with Gasteiger partial charge < -0.3 is 4.57 Å². The zero-order valence-corrected chi connectivity index (χ0v) is 18.3. The molecule has 0 saturated carbocycles. The van der Waals surface area contributed by atoms with Gasteiger partial charge in [-0.3, -0.25) is 0 Å². The van der Waals surface area contributed by atoms with E-state index in [0.717, 1.165) is 35.3 Å². The van der Waals surface area contributed by atoms with Crippen molar-refractivity contribution in [2.75, 3.05) is 0 Å². The van der Waals surface area contributed by atoms with E-state index in [1.807, 2.05) is 48.9 Å². The zero-order chi connectivity index (χ0) is 20.2. The van der Waals surface area contributed by atoms with Crippen LogP contribution in [0.25, 0.3) is 11.1 Å². The molecule has 4 aromatic rings. The van der Waals surface area contributed by atoms with Crippen molar-refractivity contribution in [1.29, 1.82) is 5.26 Å². The molecule has 0 aliphatic heterocycles. The Morgan fingerprint density at radius 3 is 2.30 bits per heavy atom. The second-order valence-electron chi connectivity index (χ2n) is 6.80. The summed E-state index contributed by atoms with van der Waals surface area (Å²) >= 11 is 12.5. The molecule has 0 spiro atoms. The predicted octanol–water partition coefficient (Wildman–Crippen LogP) is 6.79. The smallest absolute Gasteiger partial charge is 0.0991 e. The number of nitrogens with zero attached hydrogens (tertiary/aromatic N) is 3. The highest BCUT2D eigenvalue weighted by molar-refractivity contribution is 6.43. The van der Waals surface area contributed by atoms with Gasteiger partial charge in [-0.2, -0.15) is 5.26 Å². The monoisotopic (exact) mass is 453 g/mol. The van der Waals surface area contributed by atoms with Gasteiger partial charge in [0.2, 0.25) is 0 Å². The van der Waals surface area contributed by atoms with Gasteiger partial charge >= 0.3 is 0 Å². The molecule has 0 saturated heterocycles. The normalized spacial score (nSPS) is 10.3. The Balaban J connectivity index is 0.00000256. The molecular formula is C24H18Cl3N3. The van der Waals surface area contributed by atoms with E-state index < -0.39 is 0 Å². The summed E-state index contributed by atoms with van der Waals surface area (Å²) in [6.45, 7) is 0.731. The van der Waals surface area contributed by atoms with Crippen molar-refractivity contribution in [1.82, 2.24) is 9.55 Å². The lowest BCUT2D eigenvalue weighted by Gasteiger charge is -2.10. The average Bonchev–Trinajstić information content (AvgIpc) is 3.18. The van der Waals surface area contributed by atoms with Crippen molar-refractivity contribution in [3.63, 3.8) is 0 Å². The first-order valence-corrected chi connectivity index (χ1v) is 9.91. The number of hydrogen-bond donors (Lipinski definition) is 0. The van der Waals surface area contributed by atoms with Gasteiger partial charge in [0.1, 0.15) is 0 Å². The molecule has 0 amide bonds. The summed E-state index contributed by atoms with van der Waals surface area (Å²) in [6, 6.07) is 23.8. The van der Waals surface area contributed by atoms with Crippen LogP contribution in [0.3, 0.4) is 0 Å². The summed E-state index contributed by atoms with van der Waals surface area (Å²) in [5.41, 5.74) is 6.07. The number of hydrogen-bond acceptors (Lipinski definition) is 2.